The fourth-order valence-electron chi connectivity index (χ4n) is 2.16. The molecule has 0 fully saturated rings. The third-order valence-electron chi connectivity index (χ3n) is 3.66. The zero-order valence-corrected chi connectivity index (χ0v) is 12.6. The van der Waals surface area contributed by atoms with Gasteiger partial charge in [0.1, 0.15) is 0 Å². The number of benzene rings is 1. The van der Waals surface area contributed by atoms with Gasteiger partial charge in [-0.3, -0.25) is 4.79 Å². The molecule has 112 valence electrons. The Morgan fingerprint density at radius 2 is 1.80 bits per heavy atom. The van der Waals surface area contributed by atoms with Gasteiger partial charge in [0.15, 0.2) is 0 Å². The topological polar surface area (TPSA) is 61.4 Å². The van der Waals surface area contributed by atoms with E-state index in [4.69, 9.17) is 0 Å². The van der Waals surface area contributed by atoms with Crippen molar-refractivity contribution in [2.45, 2.75) is 45.8 Å². The summed E-state index contributed by atoms with van der Waals surface area (Å²) >= 11 is 0. The number of amides is 1. The van der Waals surface area contributed by atoms with E-state index in [2.05, 4.69) is 24.5 Å². The molecule has 0 aromatic heterocycles. The number of aliphatic hydroxyl groups excluding tert-OH is 1. The fourth-order valence-corrected chi connectivity index (χ4v) is 2.16. The normalized spacial score (nSPS) is 14.1. The van der Waals surface area contributed by atoms with Crippen LogP contribution >= 0.6 is 0 Å². The molecule has 0 aliphatic rings. The third kappa shape index (κ3) is 5.31. The van der Waals surface area contributed by atoms with Crippen LogP contribution in [0.3, 0.4) is 0 Å². The number of para-hydroxylation sites is 1. The molecular weight excluding hydrogens is 252 g/mol. The summed E-state index contributed by atoms with van der Waals surface area (Å²) in [6.45, 7) is 6.39. The molecule has 0 saturated carbocycles. The summed E-state index contributed by atoms with van der Waals surface area (Å²) in [6, 6.07) is 9.03. The number of nitrogens with one attached hydrogen (secondary N) is 2. The highest BCUT2D eigenvalue weighted by Crippen LogP contribution is 2.12. The molecule has 1 aromatic rings. The maximum absolute atomic E-state index is 12.0. The van der Waals surface area contributed by atoms with Crippen molar-refractivity contribution in [1.82, 2.24) is 5.32 Å². The second-order valence-electron chi connectivity index (χ2n) is 5.13. The SMILES string of the molecule is CCC(CC)C(O)CNC(C)C(=O)Nc1ccccc1. The number of hydrogen-bond acceptors (Lipinski definition) is 3. The van der Waals surface area contributed by atoms with Gasteiger partial charge < -0.3 is 15.7 Å². The first kappa shape index (κ1) is 16.7. The number of rotatable bonds is 8. The first-order chi connectivity index (χ1) is 9.58. The van der Waals surface area contributed by atoms with E-state index in [0.29, 0.717) is 6.54 Å². The summed E-state index contributed by atoms with van der Waals surface area (Å²) in [5.41, 5.74) is 0.784. The molecule has 2 atom stereocenters. The quantitative estimate of drug-likeness (QED) is 0.684. The second-order valence-corrected chi connectivity index (χ2v) is 5.13. The molecule has 20 heavy (non-hydrogen) atoms. The molecular formula is C16H26N2O2. The van der Waals surface area contributed by atoms with E-state index < -0.39 is 6.10 Å². The van der Waals surface area contributed by atoms with Gasteiger partial charge >= 0.3 is 0 Å². The lowest BCUT2D eigenvalue weighted by molar-refractivity contribution is -0.117. The van der Waals surface area contributed by atoms with Crippen LogP contribution in [0.4, 0.5) is 5.69 Å². The Morgan fingerprint density at radius 3 is 2.35 bits per heavy atom. The van der Waals surface area contributed by atoms with E-state index in [9.17, 15) is 9.90 Å². The molecule has 0 bridgehead atoms. The smallest absolute Gasteiger partial charge is 0.241 e. The Kier molecular flexibility index (Phi) is 7.26. The van der Waals surface area contributed by atoms with E-state index in [1.54, 1.807) is 6.92 Å². The molecule has 3 N–H and O–H groups in total. The van der Waals surface area contributed by atoms with Gasteiger partial charge in [0.25, 0.3) is 0 Å². The maximum Gasteiger partial charge on any atom is 0.241 e. The molecule has 4 nitrogen and oxygen atoms in total. The average Bonchev–Trinajstić information content (AvgIpc) is 2.47. The molecule has 0 radical (unpaired) electrons. The fraction of sp³-hybridized carbons (Fsp3) is 0.562. The highest BCUT2D eigenvalue weighted by molar-refractivity contribution is 5.94. The Balaban J connectivity index is 2.38. The standard InChI is InChI=1S/C16H26N2O2/c1-4-13(5-2)15(19)11-17-12(3)16(20)18-14-9-7-6-8-10-14/h6-10,12-13,15,17,19H,4-5,11H2,1-3H3,(H,18,20). The molecule has 0 heterocycles. The average molecular weight is 278 g/mol. The van der Waals surface area contributed by atoms with Crippen molar-refractivity contribution in [2.24, 2.45) is 5.92 Å². The minimum Gasteiger partial charge on any atom is -0.392 e. The van der Waals surface area contributed by atoms with Crippen molar-refractivity contribution in [3.05, 3.63) is 30.3 Å². The summed E-state index contributed by atoms with van der Waals surface area (Å²) in [5.74, 6) is 0.194. The number of hydrogen-bond donors (Lipinski definition) is 3. The second kappa shape index (κ2) is 8.72. The van der Waals surface area contributed by atoms with Gasteiger partial charge in [-0.15, -0.1) is 0 Å². The molecule has 0 saturated heterocycles. The largest absolute Gasteiger partial charge is 0.392 e. The zero-order chi connectivity index (χ0) is 15.0. The molecule has 4 heteroatoms. The zero-order valence-electron chi connectivity index (χ0n) is 12.6. The molecule has 1 amide bonds. The van der Waals surface area contributed by atoms with Crippen molar-refractivity contribution in [3.8, 4) is 0 Å². The summed E-state index contributed by atoms with van der Waals surface area (Å²) in [4.78, 5) is 12.0. The predicted molar refractivity (Wildman–Crippen MR) is 82.6 cm³/mol. The van der Waals surface area contributed by atoms with E-state index in [1.807, 2.05) is 30.3 Å². The lowest BCUT2D eigenvalue weighted by atomic mass is 9.96. The Hall–Kier alpha value is -1.39. The highest BCUT2D eigenvalue weighted by Gasteiger charge is 2.18. The van der Waals surface area contributed by atoms with Crippen LogP contribution in [0.1, 0.15) is 33.6 Å². The van der Waals surface area contributed by atoms with Gasteiger partial charge in [-0.25, -0.2) is 0 Å². The molecule has 0 aliphatic heterocycles. The summed E-state index contributed by atoms with van der Waals surface area (Å²) < 4.78 is 0. The van der Waals surface area contributed by atoms with Crippen LogP contribution in [0.5, 0.6) is 0 Å². The van der Waals surface area contributed by atoms with Gasteiger partial charge in [-0.1, -0.05) is 44.9 Å². The third-order valence-corrected chi connectivity index (χ3v) is 3.66. The van der Waals surface area contributed by atoms with Crippen LogP contribution in [0, 0.1) is 5.92 Å². The van der Waals surface area contributed by atoms with Gasteiger partial charge in [-0.2, -0.15) is 0 Å². The van der Waals surface area contributed by atoms with Gasteiger partial charge in [-0.05, 0) is 25.0 Å². The molecule has 0 aliphatic carbocycles. The lowest BCUT2D eigenvalue weighted by Crippen LogP contribution is -2.43. The summed E-state index contributed by atoms with van der Waals surface area (Å²) in [5, 5.41) is 16.0. The van der Waals surface area contributed by atoms with Crippen molar-refractivity contribution >= 4 is 11.6 Å². The Morgan fingerprint density at radius 1 is 1.20 bits per heavy atom. The van der Waals surface area contributed by atoms with Crippen molar-refractivity contribution in [1.29, 1.82) is 0 Å². The number of anilines is 1. The molecule has 2 unspecified atom stereocenters. The van der Waals surface area contributed by atoms with Crippen LogP contribution in [0.25, 0.3) is 0 Å². The Labute approximate surface area is 121 Å². The highest BCUT2D eigenvalue weighted by atomic mass is 16.3. The predicted octanol–water partition coefficient (Wildman–Crippen LogP) is 2.40. The maximum atomic E-state index is 12.0. The lowest BCUT2D eigenvalue weighted by Gasteiger charge is -2.22. The van der Waals surface area contributed by atoms with Gasteiger partial charge in [0.05, 0.1) is 12.1 Å². The monoisotopic (exact) mass is 278 g/mol. The van der Waals surface area contributed by atoms with E-state index in [0.717, 1.165) is 18.5 Å². The van der Waals surface area contributed by atoms with E-state index in [-0.39, 0.29) is 17.9 Å². The van der Waals surface area contributed by atoms with Crippen LogP contribution in [-0.2, 0) is 4.79 Å². The van der Waals surface area contributed by atoms with Crippen molar-refractivity contribution < 1.29 is 9.90 Å². The van der Waals surface area contributed by atoms with Crippen LogP contribution in [-0.4, -0.2) is 29.7 Å². The molecule has 1 aromatic carbocycles. The number of carbonyl (C=O) groups is 1. The number of aliphatic hydroxyl groups is 1. The number of carbonyl (C=O) groups excluding carboxylic acids is 1. The molecule has 0 spiro atoms. The van der Waals surface area contributed by atoms with Gasteiger partial charge in [0.2, 0.25) is 5.91 Å². The van der Waals surface area contributed by atoms with Crippen LogP contribution in [0.15, 0.2) is 30.3 Å². The van der Waals surface area contributed by atoms with Crippen LogP contribution in [0.2, 0.25) is 0 Å². The summed E-state index contributed by atoms with van der Waals surface area (Å²) in [7, 11) is 0. The van der Waals surface area contributed by atoms with E-state index in [1.165, 1.54) is 0 Å². The van der Waals surface area contributed by atoms with Gasteiger partial charge in [0, 0.05) is 12.2 Å². The summed E-state index contributed by atoms with van der Waals surface area (Å²) in [6.07, 6.45) is 1.49. The minimum absolute atomic E-state index is 0.0899. The van der Waals surface area contributed by atoms with Crippen molar-refractivity contribution in [3.63, 3.8) is 0 Å². The first-order valence-corrected chi connectivity index (χ1v) is 7.35. The molecule has 1 rings (SSSR count). The van der Waals surface area contributed by atoms with E-state index >= 15 is 0 Å². The first-order valence-electron chi connectivity index (χ1n) is 7.35. The van der Waals surface area contributed by atoms with Crippen molar-refractivity contribution in [2.75, 3.05) is 11.9 Å². The Bertz CT molecular complexity index is 391. The van der Waals surface area contributed by atoms with Crippen LogP contribution < -0.4 is 10.6 Å². The minimum atomic E-state index is -0.406.